The van der Waals surface area contributed by atoms with Crippen LogP contribution in [0.1, 0.15) is 37.7 Å². The minimum Gasteiger partial charge on any atom is -0.379 e. The Hall–Kier alpha value is -1.38. The normalized spacial score (nSPS) is 28.8. The molecule has 0 radical (unpaired) electrons. The lowest BCUT2D eigenvalue weighted by atomic mass is 9.48. The minimum atomic E-state index is -0.00370. The second kappa shape index (κ2) is 5.06. The topological polar surface area (TPSA) is 24.1 Å². The van der Waals surface area contributed by atoms with Crippen molar-refractivity contribution in [3.05, 3.63) is 58.1 Å². The SMILES string of the molecule is Clc1cccc(NC23CCC2C2(CCC2)Nc2cc(Cl)ccc23)c1. The molecule has 2 aromatic rings. The van der Waals surface area contributed by atoms with Crippen molar-refractivity contribution in [3.63, 3.8) is 0 Å². The van der Waals surface area contributed by atoms with E-state index in [2.05, 4.69) is 28.8 Å². The van der Waals surface area contributed by atoms with Crippen LogP contribution in [-0.2, 0) is 5.54 Å². The first kappa shape index (κ1) is 14.9. The lowest BCUT2D eigenvalue weighted by Crippen LogP contribution is -2.68. The molecule has 0 bridgehead atoms. The molecule has 3 aliphatic rings. The van der Waals surface area contributed by atoms with Crippen LogP contribution in [0.2, 0.25) is 10.0 Å². The Morgan fingerprint density at radius 3 is 2.50 bits per heavy atom. The van der Waals surface area contributed by atoms with Gasteiger partial charge in [-0.25, -0.2) is 0 Å². The number of hydrogen-bond acceptors (Lipinski definition) is 2. The van der Waals surface area contributed by atoms with Crippen molar-refractivity contribution < 1.29 is 0 Å². The third-order valence-corrected chi connectivity index (χ3v) is 6.84. The fourth-order valence-corrected chi connectivity index (χ4v) is 5.45. The van der Waals surface area contributed by atoms with Crippen molar-refractivity contribution in [1.29, 1.82) is 0 Å². The number of halogens is 2. The summed E-state index contributed by atoms with van der Waals surface area (Å²) in [6.07, 6.45) is 6.24. The van der Waals surface area contributed by atoms with Crippen molar-refractivity contribution in [2.45, 2.75) is 43.2 Å². The first-order chi connectivity index (χ1) is 11.6. The highest BCUT2D eigenvalue weighted by atomic mass is 35.5. The van der Waals surface area contributed by atoms with Crippen molar-refractivity contribution in [1.82, 2.24) is 0 Å². The summed E-state index contributed by atoms with van der Waals surface area (Å²) >= 11 is 12.5. The molecule has 2 aromatic carbocycles. The minimum absolute atomic E-state index is 0.00370. The highest BCUT2D eigenvalue weighted by molar-refractivity contribution is 6.31. The average molecular weight is 359 g/mol. The van der Waals surface area contributed by atoms with Crippen LogP contribution in [0.15, 0.2) is 42.5 Å². The maximum atomic E-state index is 6.28. The number of rotatable bonds is 2. The fourth-order valence-electron chi connectivity index (χ4n) is 5.08. The zero-order chi connectivity index (χ0) is 16.4. The summed E-state index contributed by atoms with van der Waals surface area (Å²) in [6, 6.07) is 14.4. The van der Waals surface area contributed by atoms with Gasteiger partial charge in [-0.2, -0.15) is 0 Å². The quantitative estimate of drug-likeness (QED) is 0.681. The zero-order valence-electron chi connectivity index (χ0n) is 13.4. The molecule has 24 heavy (non-hydrogen) atoms. The Morgan fingerprint density at radius 1 is 1.00 bits per heavy atom. The molecule has 2 saturated carbocycles. The van der Waals surface area contributed by atoms with E-state index in [9.17, 15) is 0 Å². The van der Waals surface area contributed by atoms with Gasteiger partial charge in [0.1, 0.15) is 0 Å². The molecule has 124 valence electrons. The molecule has 2 nitrogen and oxygen atoms in total. The van der Waals surface area contributed by atoms with Crippen LogP contribution < -0.4 is 10.6 Å². The van der Waals surface area contributed by atoms with Crippen LogP contribution in [0.3, 0.4) is 0 Å². The fraction of sp³-hybridized carbons (Fsp3) is 0.400. The second-order valence-corrected chi connectivity index (χ2v) is 8.40. The van der Waals surface area contributed by atoms with Crippen molar-refractivity contribution in [3.8, 4) is 0 Å². The Kier molecular flexibility index (Phi) is 3.15. The highest BCUT2D eigenvalue weighted by Gasteiger charge is 2.62. The van der Waals surface area contributed by atoms with Crippen LogP contribution >= 0.6 is 23.2 Å². The van der Waals surface area contributed by atoms with Crippen molar-refractivity contribution in [2.24, 2.45) is 5.92 Å². The number of nitrogens with one attached hydrogen (secondary N) is 2. The lowest BCUT2D eigenvalue weighted by Gasteiger charge is -2.66. The molecule has 2 aliphatic carbocycles. The molecule has 1 heterocycles. The smallest absolute Gasteiger partial charge is 0.0695 e. The maximum absolute atomic E-state index is 6.28. The number of benzene rings is 2. The summed E-state index contributed by atoms with van der Waals surface area (Å²) in [5.41, 5.74) is 3.88. The van der Waals surface area contributed by atoms with E-state index in [0.29, 0.717) is 5.92 Å². The van der Waals surface area contributed by atoms with E-state index >= 15 is 0 Å². The molecule has 2 atom stereocenters. The van der Waals surface area contributed by atoms with E-state index in [1.165, 1.54) is 36.9 Å². The van der Waals surface area contributed by atoms with Gasteiger partial charge in [-0.15, -0.1) is 0 Å². The average Bonchev–Trinajstić information content (AvgIpc) is 2.49. The van der Waals surface area contributed by atoms with Gasteiger partial charge in [0.15, 0.2) is 0 Å². The molecule has 4 heteroatoms. The van der Waals surface area contributed by atoms with Gasteiger partial charge in [0.25, 0.3) is 0 Å². The molecule has 1 spiro atoms. The summed E-state index contributed by atoms with van der Waals surface area (Å²) in [5.74, 6) is 0.617. The third-order valence-electron chi connectivity index (χ3n) is 6.37. The highest BCUT2D eigenvalue weighted by Crippen LogP contribution is 2.63. The van der Waals surface area contributed by atoms with Gasteiger partial charge in [0.05, 0.1) is 5.54 Å². The van der Waals surface area contributed by atoms with Gasteiger partial charge >= 0.3 is 0 Å². The van der Waals surface area contributed by atoms with Gasteiger partial charge < -0.3 is 10.6 Å². The van der Waals surface area contributed by atoms with E-state index in [0.717, 1.165) is 22.2 Å². The molecule has 0 saturated heterocycles. The number of anilines is 2. The third kappa shape index (κ3) is 1.96. The van der Waals surface area contributed by atoms with Gasteiger partial charge in [0.2, 0.25) is 0 Å². The summed E-state index contributed by atoms with van der Waals surface area (Å²) in [6.45, 7) is 0. The van der Waals surface area contributed by atoms with Crippen LogP contribution in [0, 0.1) is 5.92 Å². The van der Waals surface area contributed by atoms with Crippen LogP contribution in [-0.4, -0.2) is 5.54 Å². The first-order valence-corrected chi connectivity index (χ1v) is 9.49. The maximum Gasteiger partial charge on any atom is 0.0695 e. The zero-order valence-corrected chi connectivity index (χ0v) is 14.9. The molecule has 2 fully saturated rings. The van der Waals surface area contributed by atoms with Crippen molar-refractivity contribution >= 4 is 34.6 Å². The largest absolute Gasteiger partial charge is 0.379 e. The standard InChI is InChI=1S/C20H20Cl2N2/c21-13-3-1-4-15(11-13)23-20-10-7-18(20)19(8-2-9-19)24-17-12-14(22)5-6-16(17)20/h1,3-6,11-12,18,23-24H,2,7-10H2. The van der Waals surface area contributed by atoms with Gasteiger partial charge in [-0.05, 0) is 62.4 Å². The molecular weight excluding hydrogens is 339 g/mol. The predicted molar refractivity (Wildman–Crippen MR) is 101 cm³/mol. The predicted octanol–water partition coefficient (Wildman–Crippen LogP) is 6.06. The molecule has 2 N–H and O–H groups in total. The molecule has 1 aliphatic heterocycles. The Balaban J connectivity index is 1.63. The first-order valence-electron chi connectivity index (χ1n) is 8.73. The second-order valence-electron chi connectivity index (χ2n) is 7.52. The van der Waals surface area contributed by atoms with E-state index in [4.69, 9.17) is 23.2 Å². The van der Waals surface area contributed by atoms with Gasteiger partial charge in [-0.1, -0.05) is 35.3 Å². The summed E-state index contributed by atoms with van der Waals surface area (Å²) < 4.78 is 0. The Morgan fingerprint density at radius 2 is 1.83 bits per heavy atom. The molecule has 2 unspecified atom stereocenters. The molecule has 5 rings (SSSR count). The number of hydrogen-bond donors (Lipinski definition) is 2. The van der Waals surface area contributed by atoms with Crippen molar-refractivity contribution in [2.75, 3.05) is 10.6 Å². The van der Waals surface area contributed by atoms with E-state index in [1.807, 2.05) is 24.3 Å². The van der Waals surface area contributed by atoms with E-state index in [-0.39, 0.29) is 11.1 Å². The van der Waals surface area contributed by atoms with Gasteiger partial charge in [0, 0.05) is 38.4 Å². The number of fused-ring (bicyclic) bond motifs is 4. The van der Waals surface area contributed by atoms with Crippen LogP contribution in [0.4, 0.5) is 11.4 Å². The molecule has 0 amide bonds. The van der Waals surface area contributed by atoms with Crippen LogP contribution in [0.5, 0.6) is 0 Å². The Bertz CT molecular complexity index is 815. The summed E-state index contributed by atoms with van der Waals surface area (Å²) in [7, 11) is 0. The summed E-state index contributed by atoms with van der Waals surface area (Å²) in [4.78, 5) is 0. The van der Waals surface area contributed by atoms with E-state index < -0.39 is 0 Å². The molecular formula is C20H20Cl2N2. The monoisotopic (exact) mass is 358 g/mol. The van der Waals surface area contributed by atoms with Crippen LogP contribution in [0.25, 0.3) is 0 Å². The van der Waals surface area contributed by atoms with E-state index in [1.54, 1.807) is 0 Å². The Labute approximate surface area is 152 Å². The van der Waals surface area contributed by atoms with Gasteiger partial charge in [-0.3, -0.25) is 0 Å². The lowest BCUT2D eigenvalue weighted by molar-refractivity contribution is 0.0197. The molecule has 0 aromatic heterocycles. The summed E-state index contributed by atoms with van der Waals surface area (Å²) in [5, 5.41) is 9.29.